The first-order valence-corrected chi connectivity index (χ1v) is 6.62. The summed E-state index contributed by atoms with van der Waals surface area (Å²) in [7, 11) is 0. The lowest BCUT2D eigenvalue weighted by molar-refractivity contribution is -0.133. The Hall–Kier alpha value is -3.02. The molecule has 112 valence electrons. The number of carbonyl (C=O) groups excluding carboxylic acids is 3. The average molecular weight is 297 g/mol. The van der Waals surface area contributed by atoms with Gasteiger partial charge in [0.25, 0.3) is 0 Å². The molecule has 2 amide bonds. The van der Waals surface area contributed by atoms with E-state index < -0.39 is 11.8 Å². The Morgan fingerprint density at radius 3 is 2.32 bits per heavy atom. The molecule has 6 nitrogen and oxygen atoms in total. The van der Waals surface area contributed by atoms with Crippen molar-refractivity contribution in [2.75, 3.05) is 10.6 Å². The highest BCUT2D eigenvalue weighted by molar-refractivity contribution is 6.43. The molecule has 0 saturated carbocycles. The molecule has 0 fully saturated rings. The molecule has 2 N–H and O–H groups in total. The summed E-state index contributed by atoms with van der Waals surface area (Å²) in [5.74, 6) is -1.47. The van der Waals surface area contributed by atoms with Crippen LogP contribution in [-0.4, -0.2) is 22.6 Å². The molecule has 1 aromatic carbocycles. The molecule has 2 rings (SSSR count). The molecule has 0 unspecified atom stereocenters. The third kappa shape index (κ3) is 3.99. The minimum Gasteiger partial charge on any atom is -0.318 e. The van der Waals surface area contributed by atoms with Crippen molar-refractivity contribution in [1.82, 2.24) is 4.98 Å². The molecule has 1 heterocycles. The summed E-state index contributed by atoms with van der Waals surface area (Å²) in [6.07, 6.45) is 0. The van der Waals surface area contributed by atoms with Gasteiger partial charge in [0.2, 0.25) is 0 Å². The van der Waals surface area contributed by atoms with E-state index in [2.05, 4.69) is 15.6 Å². The first kappa shape index (κ1) is 15.4. The molecule has 6 heteroatoms. The second-order valence-electron chi connectivity index (χ2n) is 4.71. The Morgan fingerprint density at radius 2 is 1.64 bits per heavy atom. The zero-order chi connectivity index (χ0) is 16.1. The molecule has 22 heavy (non-hydrogen) atoms. The third-order valence-corrected chi connectivity index (χ3v) is 2.86. The molecular formula is C16H15N3O3. The molecule has 2 aromatic rings. The number of carbonyl (C=O) groups is 3. The van der Waals surface area contributed by atoms with Crippen molar-refractivity contribution in [2.24, 2.45) is 0 Å². The van der Waals surface area contributed by atoms with E-state index in [-0.39, 0.29) is 5.78 Å². The SMILES string of the molecule is CC(=O)c1cccc(NC(=O)C(=O)Nc2cccc(C)n2)c1. The molecule has 0 aliphatic carbocycles. The number of nitrogens with one attached hydrogen (secondary N) is 2. The number of hydrogen-bond donors (Lipinski definition) is 2. The highest BCUT2D eigenvalue weighted by atomic mass is 16.2. The van der Waals surface area contributed by atoms with Crippen molar-refractivity contribution in [3.63, 3.8) is 0 Å². The fourth-order valence-electron chi connectivity index (χ4n) is 1.79. The molecule has 0 radical (unpaired) electrons. The molecule has 0 spiro atoms. The van der Waals surface area contributed by atoms with Crippen molar-refractivity contribution in [3.8, 4) is 0 Å². The zero-order valence-corrected chi connectivity index (χ0v) is 12.2. The average Bonchev–Trinajstić information content (AvgIpc) is 2.47. The van der Waals surface area contributed by atoms with Crippen LogP contribution in [0.4, 0.5) is 11.5 Å². The Labute approximate surface area is 127 Å². The number of ketones is 1. The van der Waals surface area contributed by atoms with Gasteiger partial charge in [0.15, 0.2) is 5.78 Å². The van der Waals surface area contributed by atoms with E-state index in [0.717, 1.165) is 5.69 Å². The predicted molar refractivity (Wildman–Crippen MR) is 82.7 cm³/mol. The largest absolute Gasteiger partial charge is 0.318 e. The zero-order valence-electron chi connectivity index (χ0n) is 12.2. The number of aromatic nitrogens is 1. The van der Waals surface area contributed by atoms with Gasteiger partial charge in [-0.15, -0.1) is 0 Å². The number of pyridine rings is 1. The first-order valence-electron chi connectivity index (χ1n) is 6.62. The van der Waals surface area contributed by atoms with Gasteiger partial charge in [-0.3, -0.25) is 14.4 Å². The van der Waals surface area contributed by atoms with E-state index in [1.807, 2.05) is 0 Å². The third-order valence-electron chi connectivity index (χ3n) is 2.86. The Morgan fingerprint density at radius 1 is 0.955 bits per heavy atom. The second-order valence-corrected chi connectivity index (χ2v) is 4.71. The maximum Gasteiger partial charge on any atom is 0.315 e. The summed E-state index contributed by atoms with van der Waals surface area (Å²) >= 11 is 0. The second kappa shape index (κ2) is 6.62. The number of rotatable bonds is 3. The van der Waals surface area contributed by atoms with E-state index in [9.17, 15) is 14.4 Å². The lowest BCUT2D eigenvalue weighted by atomic mass is 10.1. The Kier molecular flexibility index (Phi) is 4.63. The van der Waals surface area contributed by atoms with Crippen molar-refractivity contribution >= 4 is 29.1 Å². The number of amides is 2. The van der Waals surface area contributed by atoms with Gasteiger partial charge in [-0.25, -0.2) is 4.98 Å². The van der Waals surface area contributed by atoms with Crippen LogP contribution in [0.1, 0.15) is 23.0 Å². The highest BCUT2D eigenvalue weighted by Crippen LogP contribution is 2.11. The summed E-state index contributed by atoms with van der Waals surface area (Å²) in [5, 5.41) is 4.85. The Bertz CT molecular complexity index is 741. The van der Waals surface area contributed by atoms with Crippen LogP contribution in [-0.2, 0) is 9.59 Å². The maximum absolute atomic E-state index is 11.8. The van der Waals surface area contributed by atoms with Crippen LogP contribution < -0.4 is 10.6 Å². The van der Waals surface area contributed by atoms with Gasteiger partial charge in [0.1, 0.15) is 5.82 Å². The van der Waals surface area contributed by atoms with E-state index >= 15 is 0 Å². The summed E-state index contributed by atoms with van der Waals surface area (Å²) < 4.78 is 0. The van der Waals surface area contributed by atoms with Crippen molar-refractivity contribution in [1.29, 1.82) is 0 Å². The van der Waals surface area contributed by atoms with Crippen molar-refractivity contribution in [3.05, 3.63) is 53.7 Å². The topological polar surface area (TPSA) is 88.2 Å². The number of benzene rings is 1. The number of nitrogens with zero attached hydrogens (tertiary/aromatic N) is 1. The monoisotopic (exact) mass is 297 g/mol. The van der Waals surface area contributed by atoms with Crippen LogP contribution in [0.15, 0.2) is 42.5 Å². The van der Waals surface area contributed by atoms with Gasteiger partial charge in [0, 0.05) is 16.9 Å². The van der Waals surface area contributed by atoms with Crippen LogP contribution in [0.3, 0.4) is 0 Å². The van der Waals surface area contributed by atoms with Crippen LogP contribution in [0.5, 0.6) is 0 Å². The number of aryl methyl sites for hydroxylation is 1. The molecule has 0 bridgehead atoms. The standard InChI is InChI=1S/C16H15N3O3/c1-10-5-3-8-14(17-10)19-16(22)15(21)18-13-7-4-6-12(9-13)11(2)20/h3-9H,1-2H3,(H,18,21)(H,17,19,22). The lowest BCUT2D eigenvalue weighted by Crippen LogP contribution is -2.29. The van der Waals surface area contributed by atoms with E-state index in [1.54, 1.807) is 43.3 Å². The van der Waals surface area contributed by atoms with Crippen LogP contribution >= 0.6 is 0 Å². The molecule has 0 saturated heterocycles. The Balaban J connectivity index is 2.04. The molecule has 0 aliphatic rings. The summed E-state index contributed by atoms with van der Waals surface area (Å²) in [5.41, 5.74) is 1.57. The van der Waals surface area contributed by atoms with Gasteiger partial charge < -0.3 is 10.6 Å². The number of Topliss-reactive ketones (excluding diaryl/α,β-unsaturated/α-hetero) is 1. The maximum atomic E-state index is 11.8. The summed E-state index contributed by atoms with van der Waals surface area (Å²) in [6, 6.07) is 11.5. The molecular weight excluding hydrogens is 282 g/mol. The lowest BCUT2D eigenvalue weighted by Gasteiger charge is -2.07. The van der Waals surface area contributed by atoms with Crippen molar-refractivity contribution < 1.29 is 14.4 Å². The first-order chi connectivity index (χ1) is 10.5. The van der Waals surface area contributed by atoms with Gasteiger partial charge in [-0.05, 0) is 38.1 Å². The predicted octanol–water partition coefficient (Wildman–Crippen LogP) is 2.17. The molecule has 1 aromatic heterocycles. The van der Waals surface area contributed by atoms with Gasteiger partial charge in [-0.1, -0.05) is 18.2 Å². The van der Waals surface area contributed by atoms with E-state index in [0.29, 0.717) is 17.1 Å². The minimum atomic E-state index is -0.830. The van der Waals surface area contributed by atoms with Gasteiger partial charge in [-0.2, -0.15) is 0 Å². The molecule has 0 atom stereocenters. The highest BCUT2D eigenvalue weighted by Gasteiger charge is 2.15. The minimum absolute atomic E-state index is 0.121. The van der Waals surface area contributed by atoms with Crippen LogP contribution in [0.2, 0.25) is 0 Å². The van der Waals surface area contributed by atoms with Gasteiger partial charge in [0.05, 0.1) is 0 Å². The summed E-state index contributed by atoms with van der Waals surface area (Å²) in [6.45, 7) is 3.21. The van der Waals surface area contributed by atoms with Crippen molar-refractivity contribution in [2.45, 2.75) is 13.8 Å². The number of hydrogen-bond acceptors (Lipinski definition) is 4. The summed E-state index contributed by atoms with van der Waals surface area (Å²) in [4.78, 5) is 39.0. The fourth-order valence-corrected chi connectivity index (χ4v) is 1.79. The fraction of sp³-hybridized carbons (Fsp3) is 0.125. The quantitative estimate of drug-likeness (QED) is 0.671. The smallest absolute Gasteiger partial charge is 0.315 e. The number of anilines is 2. The van der Waals surface area contributed by atoms with E-state index in [4.69, 9.17) is 0 Å². The normalized spacial score (nSPS) is 9.91. The van der Waals surface area contributed by atoms with E-state index in [1.165, 1.54) is 13.0 Å². The molecule has 0 aliphatic heterocycles. The van der Waals surface area contributed by atoms with Gasteiger partial charge >= 0.3 is 11.8 Å². The van der Waals surface area contributed by atoms with Crippen LogP contribution in [0, 0.1) is 6.92 Å². The van der Waals surface area contributed by atoms with Crippen LogP contribution in [0.25, 0.3) is 0 Å².